The van der Waals surface area contributed by atoms with Crippen molar-refractivity contribution in [1.82, 2.24) is 14.5 Å². The fourth-order valence-electron chi connectivity index (χ4n) is 3.83. The van der Waals surface area contributed by atoms with E-state index in [-0.39, 0.29) is 11.3 Å². The van der Waals surface area contributed by atoms with Gasteiger partial charge in [0.1, 0.15) is 5.78 Å². The zero-order chi connectivity index (χ0) is 19.1. The van der Waals surface area contributed by atoms with Crippen molar-refractivity contribution in [3.63, 3.8) is 0 Å². The first-order chi connectivity index (χ1) is 13.7. The van der Waals surface area contributed by atoms with Crippen molar-refractivity contribution in [1.29, 1.82) is 0 Å². The third-order valence-electron chi connectivity index (χ3n) is 5.23. The third-order valence-corrected chi connectivity index (χ3v) is 5.23. The van der Waals surface area contributed by atoms with E-state index in [1.807, 2.05) is 12.1 Å². The van der Waals surface area contributed by atoms with Gasteiger partial charge in [0.25, 0.3) is 5.56 Å². The van der Waals surface area contributed by atoms with E-state index in [0.717, 1.165) is 38.9 Å². The summed E-state index contributed by atoms with van der Waals surface area (Å²) in [4.78, 5) is 32.4. The zero-order valence-corrected chi connectivity index (χ0v) is 15.1. The highest BCUT2D eigenvalue weighted by Crippen LogP contribution is 2.27. The summed E-state index contributed by atoms with van der Waals surface area (Å²) >= 11 is 0. The van der Waals surface area contributed by atoms with Gasteiger partial charge in [0, 0.05) is 19.0 Å². The normalized spacial score (nSPS) is 13.1. The molecule has 0 aliphatic heterocycles. The highest BCUT2D eigenvalue weighted by molar-refractivity contribution is 5.88. The van der Waals surface area contributed by atoms with E-state index < -0.39 is 0 Å². The monoisotopic (exact) mass is 367 g/mol. The van der Waals surface area contributed by atoms with Gasteiger partial charge in [0.2, 0.25) is 0 Å². The minimum Gasteiger partial charge on any atom is -0.300 e. The third kappa shape index (κ3) is 2.91. The summed E-state index contributed by atoms with van der Waals surface area (Å²) in [5, 5.41) is 0. The molecule has 0 spiro atoms. The van der Waals surface area contributed by atoms with Gasteiger partial charge in [-0.1, -0.05) is 36.4 Å². The number of Topliss-reactive ketones (excluding diaryl/α,β-unsaturated/α-hetero) is 1. The van der Waals surface area contributed by atoms with Crippen molar-refractivity contribution in [3.8, 4) is 11.1 Å². The second-order valence-electron chi connectivity index (χ2n) is 7.12. The first-order valence-electron chi connectivity index (χ1n) is 9.20. The molecule has 2 heterocycles. The second-order valence-corrected chi connectivity index (χ2v) is 7.12. The Morgan fingerprint density at radius 3 is 2.68 bits per heavy atom. The van der Waals surface area contributed by atoms with Crippen LogP contribution >= 0.6 is 0 Å². The van der Waals surface area contributed by atoms with Crippen LogP contribution in [0.3, 0.4) is 0 Å². The van der Waals surface area contributed by atoms with Crippen LogP contribution < -0.4 is 5.56 Å². The summed E-state index contributed by atoms with van der Waals surface area (Å²) in [5.41, 5.74) is 6.75. The van der Waals surface area contributed by atoms with Crippen molar-refractivity contribution < 1.29 is 4.79 Å². The molecule has 0 saturated heterocycles. The molecule has 0 bridgehead atoms. The average Bonchev–Trinajstić information content (AvgIpc) is 3.09. The summed E-state index contributed by atoms with van der Waals surface area (Å²) in [5.74, 6) is 0.276. The van der Waals surface area contributed by atoms with E-state index in [1.165, 1.54) is 6.20 Å². The lowest BCUT2D eigenvalue weighted by Gasteiger charge is -2.11. The molecule has 0 radical (unpaired) electrons. The Hall–Kier alpha value is -3.60. The van der Waals surface area contributed by atoms with Crippen molar-refractivity contribution in [2.24, 2.45) is 0 Å². The quantitative estimate of drug-likeness (QED) is 0.558. The molecule has 0 fully saturated rings. The van der Waals surface area contributed by atoms with Crippen molar-refractivity contribution >= 4 is 16.8 Å². The molecule has 136 valence electrons. The summed E-state index contributed by atoms with van der Waals surface area (Å²) in [7, 11) is 0. The average molecular weight is 367 g/mol. The molecule has 2 aromatic carbocycles. The van der Waals surface area contributed by atoms with Crippen LogP contribution in [0, 0.1) is 0 Å². The Balaban J connectivity index is 1.53. The second kappa shape index (κ2) is 6.53. The number of hydrogen-bond acceptors (Lipinski definition) is 4. The molecule has 0 amide bonds. The fraction of sp³-hybridized carbons (Fsp3) is 0.130. The summed E-state index contributed by atoms with van der Waals surface area (Å²) < 4.78 is 1.69. The molecule has 0 saturated carbocycles. The molecule has 1 aliphatic rings. The van der Waals surface area contributed by atoms with Crippen LogP contribution in [0.4, 0.5) is 0 Å². The van der Waals surface area contributed by atoms with E-state index in [4.69, 9.17) is 0 Å². The summed E-state index contributed by atoms with van der Waals surface area (Å²) in [6.45, 7) is 0.445. The standard InChI is InChI=1S/C23H17N3O2/c27-20-10-18-5-4-17(9-19(18)11-20)16-3-1-2-15(8-16)14-26-22-12-24-7-6-21(22)25-13-23(26)28/h1-9,12-13H,10-11,14H2. The number of rotatable bonds is 3. The highest BCUT2D eigenvalue weighted by Gasteiger charge is 2.18. The number of fused-ring (bicyclic) bond motifs is 2. The van der Waals surface area contributed by atoms with Gasteiger partial charge in [-0.05, 0) is 39.9 Å². The minimum absolute atomic E-state index is 0.151. The zero-order valence-electron chi connectivity index (χ0n) is 15.1. The Labute approximate surface area is 161 Å². The predicted molar refractivity (Wildman–Crippen MR) is 107 cm³/mol. The van der Waals surface area contributed by atoms with Crippen molar-refractivity contribution in [3.05, 3.63) is 94.2 Å². The molecule has 5 rings (SSSR count). The molecule has 2 aromatic heterocycles. The highest BCUT2D eigenvalue weighted by atomic mass is 16.1. The van der Waals surface area contributed by atoms with Crippen LogP contribution in [0.2, 0.25) is 0 Å². The number of ketones is 1. The Morgan fingerprint density at radius 1 is 0.893 bits per heavy atom. The molecule has 0 atom stereocenters. The number of pyridine rings is 1. The smallest absolute Gasteiger partial charge is 0.269 e. The van der Waals surface area contributed by atoms with Crippen LogP contribution in [0.25, 0.3) is 22.2 Å². The molecule has 5 nitrogen and oxygen atoms in total. The topological polar surface area (TPSA) is 64.8 Å². The van der Waals surface area contributed by atoms with Gasteiger partial charge in [0.15, 0.2) is 0 Å². The summed E-state index contributed by atoms with van der Waals surface area (Å²) in [6.07, 6.45) is 5.76. The largest absolute Gasteiger partial charge is 0.300 e. The maximum atomic E-state index is 12.4. The number of carbonyl (C=O) groups is 1. The SMILES string of the molecule is O=C1Cc2ccc(-c3cccc(Cn4c(=O)cnc5ccncc54)c3)cc2C1. The Kier molecular flexibility index (Phi) is 3.86. The number of nitrogens with zero attached hydrogens (tertiary/aromatic N) is 3. The molecule has 0 unspecified atom stereocenters. The predicted octanol–water partition coefficient (Wildman–Crippen LogP) is 3.17. The van der Waals surface area contributed by atoms with Crippen LogP contribution in [-0.2, 0) is 24.2 Å². The Bertz CT molecular complexity index is 1290. The van der Waals surface area contributed by atoms with E-state index in [0.29, 0.717) is 19.4 Å². The number of benzene rings is 2. The van der Waals surface area contributed by atoms with Gasteiger partial charge < -0.3 is 0 Å². The van der Waals surface area contributed by atoms with Crippen LogP contribution in [0.1, 0.15) is 16.7 Å². The molecule has 4 aromatic rings. The summed E-state index contributed by atoms with van der Waals surface area (Å²) in [6, 6.07) is 16.2. The lowest BCUT2D eigenvalue weighted by atomic mass is 9.99. The van der Waals surface area contributed by atoms with E-state index >= 15 is 0 Å². The fourth-order valence-corrected chi connectivity index (χ4v) is 3.83. The van der Waals surface area contributed by atoms with E-state index in [9.17, 15) is 9.59 Å². The molecule has 28 heavy (non-hydrogen) atoms. The van der Waals surface area contributed by atoms with Crippen LogP contribution in [0.15, 0.2) is 71.9 Å². The van der Waals surface area contributed by atoms with Gasteiger partial charge >= 0.3 is 0 Å². The molecule has 5 heteroatoms. The first-order valence-corrected chi connectivity index (χ1v) is 9.20. The Morgan fingerprint density at radius 2 is 1.75 bits per heavy atom. The van der Waals surface area contributed by atoms with Crippen LogP contribution in [-0.4, -0.2) is 20.3 Å². The first kappa shape index (κ1) is 16.6. The maximum Gasteiger partial charge on any atom is 0.269 e. The van der Waals surface area contributed by atoms with E-state index in [2.05, 4.69) is 40.3 Å². The van der Waals surface area contributed by atoms with Crippen molar-refractivity contribution in [2.45, 2.75) is 19.4 Å². The lowest BCUT2D eigenvalue weighted by molar-refractivity contribution is -0.117. The minimum atomic E-state index is -0.151. The lowest BCUT2D eigenvalue weighted by Crippen LogP contribution is -2.21. The number of aromatic nitrogens is 3. The van der Waals surface area contributed by atoms with Crippen molar-refractivity contribution in [2.75, 3.05) is 0 Å². The number of hydrogen-bond donors (Lipinski definition) is 0. The molecule has 1 aliphatic carbocycles. The molecular formula is C23H17N3O2. The maximum absolute atomic E-state index is 12.4. The molecule has 0 N–H and O–H groups in total. The van der Waals surface area contributed by atoms with Crippen LogP contribution in [0.5, 0.6) is 0 Å². The van der Waals surface area contributed by atoms with Gasteiger partial charge in [-0.2, -0.15) is 0 Å². The van der Waals surface area contributed by atoms with E-state index in [1.54, 1.807) is 23.0 Å². The van der Waals surface area contributed by atoms with Gasteiger partial charge in [-0.25, -0.2) is 4.98 Å². The van der Waals surface area contributed by atoms with Gasteiger partial charge in [0.05, 0.1) is 30.0 Å². The molecular weight excluding hydrogens is 350 g/mol. The van der Waals surface area contributed by atoms with Gasteiger partial charge in [-0.3, -0.25) is 19.1 Å². The number of carbonyl (C=O) groups excluding carboxylic acids is 1. The van der Waals surface area contributed by atoms with Gasteiger partial charge in [-0.15, -0.1) is 0 Å².